The number of ether oxygens (including phenoxy) is 1. The van der Waals surface area contributed by atoms with Gasteiger partial charge in [-0.25, -0.2) is 0 Å². The van der Waals surface area contributed by atoms with E-state index in [1.807, 2.05) is 0 Å². The van der Waals surface area contributed by atoms with E-state index in [0.29, 0.717) is 6.61 Å². The lowest BCUT2D eigenvalue weighted by Crippen LogP contribution is -2.60. The third kappa shape index (κ3) is 3.11. The summed E-state index contributed by atoms with van der Waals surface area (Å²) in [5.41, 5.74) is 0. The van der Waals surface area contributed by atoms with Crippen molar-refractivity contribution in [3.05, 3.63) is 0 Å². The molecule has 5 nitrogen and oxygen atoms in total. The van der Waals surface area contributed by atoms with Gasteiger partial charge in [0.1, 0.15) is 18.3 Å². The van der Waals surface area contributed by atoms with E-state index in [9.17, 15) is 0 Å². The van der Waals surface area contributed by atoms with Gasteiger partial charge in [0, 0.05) is 20.2 Å². The lowest BCUT2D eigenvalue weighted by molar-refractivity contribution is -0.112. The molecular weight excluding hydrogens is 388 g/mol. The van der Waals surface area contributed by atoms with E-state index in [1.54, 1.807) is 0 Å². The third-order valence-electron chi connectivity index (χ3n) is 6.55. The van der Waals surface area contributed by atoms with Crippen LogP contribution in [0.25, 0.3) is 0 Å². The minimum absolute atomic E-state index is 0.0534. The summed E-state index contributed by atoms with van der Waals surface area (Å²) >= 11 is 0. The average molecular weight is 431 g/mol. The van der Waals surface area contributed by atoms with Gasteiger partial charge in [0.25, 0.3) is 0 Å². The van der Waals surface area contributed by atoms with E-state index < -0.39 is 23.4 Å². The lowest BCUT2D eigenvalue weighted by Gasteiger charge is -2.49. The van der Waals surface area contributed by atoms with Gasteiger partial charge in [-0.2, -0.15) is 0 Å². The van der Waals surface area contributed by atoms with Crippen molar-refractivity contribution >= 4 is 17.1 Å². The summed E-state index contributed by atoms with van der Waals surface area (Å²) in [4.78, 5) is 0. The maximum Gasteiger partial charge on any atom is 0.351 e. The van der Waals surface area contributed by atoms with Gasteiger partial charge in [-0.1, -0.05) is 83.1 Å². The monoisotopic (exact) mass is 430 g/mol. The van der Waals surface area contributed by atoms with Crippen LogP contribution >= 0.6 is 0 Å². The maximum absolute atomic E-state index is 6.92. The SMILES string of the molecule is CC(C)(C)[Si]1(C(C)(C)C)OC[C@H]2O[C@@H](O1)[C@@H]1O[Si](C(C)(C)C)(C(C)(C)C)O[C@@H]12. The second-order valence-corrected chi connectivity index (χ2v) is 22.3. The van der Waals surface area contributed by atoms with Crippen LogP contribution in [0.1, 0.15) is 83.1 Å². The molecule has 0 aliphatic carbocycles. The smallest absolute Gasteiger partial charge is 0.351 e. The summed E-state index contributed by atoms with van der Waals surface area (Å²) in [6, 6.07) is 0. The molecule has 4 atom stereocenters. The quantitative estimate of drug-likeness (QED) is 0.466. The van der Waals surface area contributed by atoms with Crippen LogP contribution in [0.2, 0.25) is 20.2 Å². The summed E-state index contributed by atoms with van der Waals surface area (Å²) in [7, 11) is -5.19. The Morgan fingerprint density at radius 1 is 0.571 bits per heavy atom. The van der Waals surface area contributed by atoms with Gasteiger partial charge < -0.3 is 22.4 Å². The molecule has 0 aromatic carbocycles. The summed E-state index contributed by atoms with van der Waals surface area (Å²) in [5.74, 6) is 0. The van der Waals surface area contributed by atoms with E-state index in [4.69, 9.17) is 22.4 Å². The molecule has 164 valence electrons. The first-order valence-corrected chi connectivity index (χ1v) is 14.3. The fraction of sp³-hybridized carbons (Fsp3) is 1.00. The Bertz CT molecular complexity index is 580. The molecule has 3 aliphatic heterocycles. The van der Waals surface area contributed by atoms with Crippen molar-refractivity contribution in [2.75, 3.05) is 6.61 Å². The zero-order chi connectivity index (χ0) is 21.6. The Hall–Kier alpha value is 0.234. The summed E-state index contributed by atoms with van der Waals surface area (Å²) in [5, 5.41) is -0.280. The molecule has 0 aromatic rings. The molecule has 0 amide bonds. The molecule has 0 radical (unpaired) electrons. The largest absolute Gasteiger partial charge is 0.391 e. The number of rotatable bonds is 0. The average Bonchev–Trinajstić information content (AvgIpc) is 2.89. The highest BCUT2D eigenvalue weighted by atomic mass is 28.4. The predicted molar refractivity (Wildman–Crippen MR) is 116 cm³/mol. The van der Waals surface area contributed by atoms with Crippen molar-refractivity contribution in [3.8, 4) is 0 Å². The summed E-state index contributed by atoms with van der Waals surface area (Å²) < 4.78 is 33.6. The molecule has 28 heavy (non-hydrogen) atoms. The van der Waals surface area contributed by atoms with Gasteiger partial charge in [-0.3, -0.25) is 0 Å². The normalized spacial score (nSPS) is 35.6. The van der Waals surface area contributed by atoms with Gasteiger partial charge in [-0.15, -0.1) is 0 Å². The van der Waals surface area contributed by atoms with Crippen LogP contribution in [0.3, 0.4) is 0 Å². The highest BCUT2D eigenvalue weighted by Gasteiger charge is 2.72. The zero-order valence-electron chi connectivity index (χ0n) is 20.1. The molecular formula is C21H42O5Si2. The Kier molecular flexibility index (Phi) is 5.21. The van der Waals surface area contributed by atoms with Crippen LogP contribution in [-0.4, -0.2) is 48.3 Å². The number of hydrogen-bond acceptors (Lipinski definition) is 5. The van der Waals surface area contributed by atoms with Crippen LogP contribution in [0.5, 0.6) is 0 Å². The van der Waals surface area contributed by atoms with Crippen LogP contribution < -0.4 is 0 Å². The topological polar surface area (TPSA) is 46.2 Å². The first-order valence-electron chi connectivity index (χ1n) is 10.7. The van der Waals surface area contributed by atoms with Crippen molar-refractivity contribution < 1.29 is 22.4 Å². The van der Waals surface area contributed by atoms with Gasteiger partial charge in [-0.05, 0) is 0 Å². The molecule has 0 aromatic heterocycles. The Morgan fingerprint density at radius 3 is 1.43 bits per heavy atom. The van der Waals surface area contributed by atoms with E-state index in [2.05, 4.69) is 83.1 Å². The minimum Gasteiger partial charge on any atom is -0.391 e. The fourth-order valence-electron chi connectivity index (χ4n) is 5.74. The first kappa shape index (κ1) is 22.9. The highest BCUT2D eigenvalue weighted by Crippen LogP contribution is 2.60. The second kappa shape index (κ2) is 6.37. The molecule has 3 fully saturated rings. The second-order valence-electron chi connectivity index (χ2n) is 12.9. The van der Waals surface area contributed by atoms with Gasteiger partial charge in [0.15, 0.2) is 6.29 Å². The van der Waals surface area contributed by atoms with E-state index in [1.165, 1.54) is 0 Å². The van der Waals surface area contributed by atoms with Crippen molar-refractivity contribution in [1.29, 1.82) is 0 Å². The molecule has 7 heteroatoms. The molecule has 0 N–H and O–H groups in total. The number of hydrogen-bond donors (Lipinski definition) is 0. The molecule has 3 saturated heterocycles. The first-order chi connectivity index (χ1) is 12.4. The highest BCUT2D eigenvalue weighted by molar-refractivity contribution is 6.74. The van der Waals surface area contributed by atoms with E-state index >= 15 is 0 Å². The predicted octanol–water partition coefficient (Wildman–Crippen LogP) is 5.63. The maximum atomic E-state index is 6.92. The standard InChI is InChI=1S/C21H42O5Si2/c1-18(2,3)27(19(4,5)6)22-13-14-15-16(17(23-14)26-27)25-28(24-15,20(7,8)9)21(10,11)12/h14-17H,13H2,1-12H3/t14-,15-,16-,17+/m1/s1. The van der Waals surface area contributed by atoms with E-state index in [-0.39, 0.29) is 38.5 Å². The van der Waals surface area contributed by atoms with Crippen molar-refractivity contribution in [2.24, 2.45) is 0 Å². The molecule has 3 heterocycles. The Labute approximate surface area is 174 Å². The zero-order valence-corrected chi connectivity index (χ0v) is 22.1. The van der Waals surface area contributed by atoms with Crippen LogP contribution in [-0.2, 0) is 22.4 Å². The van der Waals surface area contributed by atoms with Crippen molar-refractivity contribution in [2.45, 2.75) is 128 Å². The fourth-order valence-corrected chi connectivity index (χ4v) is 15.6. The van der Waals surface area contributed by atoms with Gasteiger partial charge >= 0.3 is 17.1 Å². The van der Waals surface area contributed by atoms with Gasteiger partial charge in [0.2, 0.25) is 0 Å². The Balaban J connectivity index is 2.00. The molecule has 2 bridgehead atoms. The molecule has 0 unspecified atom stereocenters. The van der Waals surface area contributed by atoms with Crippen molar-refractivity contribution in [3.63, 3.8) is 0 Å². The molecule has 3 aliphatic rings. The van der Waals surface area contributed by atoms with Crippen LogP contribution in [0, 0.1) is 0 Å². The third-order valence-corrected chi connectivity index (χ3v) is 16.8. The van der Waals surface area contributed by atoms with Crippen molar-refractivity contribution in [1.82, 2.24) is 0 Å². The Morgan fingerprint density at radius 2 is 1.00 bits per heavy atom. The van der Waals surface area contributed by atoms with Crippen LogP contribution in [0.4, 0.5) is 0 Å². The molecule has 0 spiro atoms. The lowest BCUT2D eigenvalue weighted by atomic mass is 10.1. The minimum atomic E-state index is -2.63. The van der Waals surface area contributed by atoms with E-state index in [0.717, 1.165) is 0 Å². The summed E-state index contributed by atoms with van der Waals surface area (Å²) in [6.45, 7) is 27.4. The molecule has 3 rings (SSSR count). The number of fused-ring (bicyclic) bond motifs is 5. The van der Waals surface area contributed by atoms with Crippen LogP contribution in [0.15, 0.2) is 0 Å². The molecule has 0 saturated carbocycles. The summed E-state index contributed by atoms with van der Waals surface area (Å²) in [6.07, 6.45) is -0.826. The van der Waals surface area contributed by atoms with Gasteiger partial charge in [0.05, 0.1) is 6.61 Å².